The lowest BCUT2D eigenvalue weighted by Crippen LogP contribution is -2.18. The van der Waals surface area contributed by atoms with E-state index >= 15 is 0 Å². The first-order valence-corrected chi connectivity index (χ1v) is 5.79. The van der Waals surface area contributed by atoms with Gasteiger partial charge in [0.15, 0.2) is 0 Å². The van der Waals surface area contributed by atoms with Gasteiger partial charge in [-0.05, 0) is 31.0 Å². The quantitative estimate of drug-likeness (QED) is 0.624. The van der Waals surface area contributed by atoms with Crippen LogP contribution in [-0.4, -0.2) is 24.7 Å². The molecule has 0 bridgehead atoms. The molecule has 17 heavy (non-hydrogen) atoms. The van der Waals surface area contributed by atoms with Crippen LogP contribution in [0, 0.1) is 0 Å². The fourth-order valence-electron chi connectivity index (χ4n) is 1.54. The summed E-state index contributed by atoms with van der Waals surface area (Å²) in [4.78, 5) is 12.8. The first-order chi connectivity index (χ1) is 8.06. The molecule has 0 radical (unpaired) electrons. The Morgan fingerprint density at radius 3 is 2.82 bits per heavy atom. The van der Waals surface area contributed by atoms with E-state index in [1.807, 2.05) is 18.0 Å². The van der Waals surface area contributed by atoms with Gasteiger partial charge in [0.25, 0.3) is 0 Å². The van der Waals surface area contributed by atoms with E-state index in [0.29, 0.717) is 5.02 Å². The number of carboxylic acids is 1. The number of anilines is 1. The van der Waals surface area contributed by atoms with E-state index in [1.54, 1.807) is 12.1 Å². The topological polar surface area (TPSA) is 40.5 Å². The molecule has 3 nitrogen and oxygen atoms in total. The van der Waals surface area contributed by atoms with Gasteiger partial charge in [0, 0.05) is 13.6 Å². The maximum atomic E-state index is 10.8. The highest BCUT2D eigenvalue weighted by atomic mass is 35.5. The van der Waals surface area contributed by atoms with Crippen molar-refractivity contribution in [2.24, 2.45) is 0 Å². The van der Waals surface area contributed by atoms with Gasteiger partial charge in [-0.3, -0.25) is 0 Å². The van der Waals surface area contributed by atoms with Crippen molar-refractivity contribution >= 4 is 23.3 Å². The summed E-state index contributed by atoms with van der Waals surface area (Å²) in [6, 6.07) is 4.77. The van der Waals surface area contributed by atoms with E-state index < -0.39 is 5.97 Å². The van der Waals surface area contributed by atoms with Gasteiger partial charge < -0.3 is 10.0 Å². The Balaban J connectivity index is 2.77. The molecule has 1 aromatic rings. The molecule has 1 aromatic carbocycles. The molecule has 0 fully saturated rings. The van der Waals surface area contributed by atoms with Crippen molar-refractivity contribution in [3.63, 3.8) is 0 Å². The number of hydrogen-bond acceptors (Lipinski definition) is 2. The van der Waals surface area contributed by atoms with Crippen molar-refractivity contribution in [2.75, 3.05) is 18.5 Å². The zero-order chi connectivity index (χ0) is 12.8. The van der Waals surface area contributed by atoms with E-state index in [-0.39, 0.29) is 5.56 Å². The summed E-state index contributed by atoms with van der Waals surface area (Å²) in [5, 5.41) is 9.29. The fourth-order valence-corrected chi connectivity index (χ4v) is 1.87. The number of rotatable bonds is 6. The lowest BCUT2D eigenvalue weighted by Gasteiger charge is -2.20. The molecule has 0 atom stereocenters. The minimum absolute atomic E-state index is 0.207. The summed E-state index contributed by atoms with van der Waals surface area (Å²) in [7, 11) is 1.94. The molecule has 0 spiro atoms. The molecule has 0 aliphatic carbocycles. The molecule has 0 unspecified atom stereocenters. The summed E-state index contributed by atoms with van der Waals surface area (Å²) in [6.07, 6.45) is 3.83. The number of nitrogens with zero attached hydrogens (tertiary/aromatic N) is 1. The molecule has 92 valence electrons. The van der Waals surface area contributed by atoms with Crippen LogP contribution in [0.4, 0.5) is 5.69 Å². The third-order valence-corrected chi connectivity index (χ3v) is 2.81. The third kappa shape index (κ3) is 3.79. The van der Waals surface area contributed by atoms with Crippen molar-refractivity contribution < 1.29 is 9.90 Å². The van der Waals surface area contributed by atoms with Crippen molar-refractivity contribution in [1.82, 2.24) is 0 Å². The second kappa shape index (κ2) is 6.30. The van der Waals surface area contributed by atoms with Gasteiger partial charge in [-0.2, -0.15) is 0 Å². The monoisotopic (exact) mass is 253 g/mol. The molecular formula is C13H16ClNO2. The van der Waals surface area contributed by atoms with Gasteiger partial charge in [-0.1, -0.05) is 17.7 Å². The minimum atomic E-state index is -0.965. The number of carboxylic acid groups (broad SMARTS) is 1. The Hall–Kier alpha value is -1.48. The number of hydrogen-bond donors (Lipinski definition) is 1. The third-order valence-electron chi connectivity index (χ3n) is 2.51. The molecule has 1 N–H and O–H groups in total. The Kier molecular flexibility index (Phi) is 5.04. The van der Waals surface area contributed by atoms with Crippen LogP contribution in [0.25, 0.3) is 0 Å². The van der Waals surface area contributed by atoms with Crippen molar-refractivity contribution in [3.05, 3.63) is 41.4 Å². The largest absolute Gasteiger partial charge is 0.478 e. The van der Waals surface area contributed by atoms with Crippen LogP contribution < -0.4 is 4.90 Å². The highest BCUT2D eigenvalue weighted by molar-refractivity contribution is 6.33. The van der Waals surface area contributed by atoms with Crippen LogP contribution in [0.3, 0.4) is 0 Å². The zero-order valence-electron chi connectivity index (χ0n) is 9.82. The molecule has 0 aliphatic heterocycles. The van der Waals surface area contributed by atoms with Gasteiger partial charge in [0.2, 0.25) is 0 Å². The van der Waals surface area contributed by atoms with E-state index in [0.717, 1.165) is 25.1 Å². The van der Waals surface area contributed by atoms with Gasteiger partial charge in [-0.25, -0.2) is 4.79 Å². The second-order valence-electron chi connectivity index (χ2n) is 3.82. The number of aromatic carboxylic acids is 1. The highest BCUT2D eigenvalue weighted by Crippen LogP contribution is 2.26. The SMILES string of the molecule is C=CCCCN(C)c1ccc(C(=O)O)cc1Cl. The average molecular weight is 254 g/mol. The Morgan fingerprint density at radius 1 is 1.59 bits per heavy atom. The summed E-state index contributed by atoms with van der Waals surface area (Å²) in [5.41, 5.74) is 1.05. The summed E-state index contributed by atoms with van der Waals surface area (Å²) < 4.78 is 0. The van der Waals surface area contributed by atoms with Crippen LogP contribution in [0.2, 0.25) is 5.02 Å². The standard InChI is InChI=1S/C13H16ClNO2/c1-3-4-5-8-15(2)12-7-6-10(13(16)17)9-11(12)14/h3,6-7,9H,1,4-5,8H2,2H3,(H,16,17). The summed E-state index contributed by atoms with van der Waals surface area (Å²) in [5.74, 6) is -0.965. The van der Waals surface area contributed by atoms with Crippen LogP contribution in [0.1, 0.15) is 23.2 Å². The lowest BCUT2D eigenvalue weighted by molar-refractivity contribution is 0.0697. The summed E-state index contributed by atoms with van der Waals surface area (Å²) in [6.45, 7) is 4.53. The number of benzene rings is 1. The molecule has 0 aliphatic rings. The fraction of sp³-hybridized carbons (Fsp3) is 0.308. The second-order valence-corrected chi connectivity index (χ2v) is 4.23. The predicted octanol–water partition coefficient (Wildman–Crippen LogP) is 3.44. The highest BCUT2D eigenvalue weighted by Gasteiger charge is 2.09. The maximum Gasteiger partial charge on any atom is 0.335 e. The molecule has 0 amide bonds. The number of allylic oxidation sites excluding steroid dienone is 1. The smallest absolute Gasteiger partial charge is 0.335 e. The first kappa shape index (κ1) is 13.6. The van der Waals surface area contributed by atoms with Gasteiger partial charge in [0.1, 0.15) is 0 Å². The summed E-state index contributed by atoms with van der Waals surface area (Å²) >= 11 is 6.06. The number of carbonyl (C=O) groups is 1. The molecule has 4 heteroatoms. The van der Waals surface area contributed by atoms with Crippen molar-refractivity contribution in [2.45, 2.75) is 12.8 Å². The lowest BCUT2D eigenvalue weighted by atomic mass is 10.2. The van der Waals surface area contributed by atoms with Crippen molar-refractivity contribution in [1.29, 1.82) is 0 Å². The van der Waals surface area contributed by atoms with Crippen LogP contribution >= 0.6 is 11.6 Å². The van der Waals surface area contributed by atoms with E-state index in [1.165, 1.54) is 6.07 Å². The van der Waals surface area contributed by atoms with Gasteiger partial charge >= 0.3 is 5.97 Å². The predicted molar refractivity (Wildman–Crippen MR) is 71.1 cm³/mol. The first-order valence-electron chi connectivity index (χ1n) is 5.41. The number of halogens is 1. The Morgan fingerprint density at radius 2 is 2.29 bits per heavy atom. The van der Waals surface area contributed by atoms with E-state index in [9.17, 15) is 4.79 Å². The zero-order valence-corrected chi connectivity index (χ0v) is 10.6. The number of unbranched alkanes of at least 4 members (excludes halogenated alkanes) is 1. The maximum absolute atomic E-state index is 10.8. The van der Waals surface area contributed by atoms with Gasteiger partial charge in [0.05, 0.1) is 16.3 Å². The van der Waals surface area contributed by atoms with Crippen LogP contribution in [0.15, 0.2) is 30.9 Å². The molecule has 0 heterocycles. The molecule has 0 saturated carbocycles. The van der Waals surface area contributed by atoms with Gasteiger partial charge in [-0.15, -0.1) is 6.58 Å². The van der Waals surface area contributed by atoms with Crippen LogP contribution in [0.5, 0.6) is 0 Å². The minimum Gasteiger partial charge on any atom is -0.478 e. The molecule has 0 saturated heterocycles. The van der Waals surface area contributed by atoms with E-state index in [4.69, 9.17) is 16.7 Å². The molecule has 1 rings (SSSR count). The Bertz CT molecular complexity index is 418. The average Bonchev–Trinajstić information content (AvgIpc) is 2.28. The van der Waals surface area contributed by atoms with Crippen LogP contribution in [-0.2, 0) is 0 Å². The molecular weight excluding hydrogens is 238 g/mol. The Labute approximate surface area is 106 Å². The van der Waals surface area contributed by atoms with Crippen molar-refractivity contribution in [3.8, 4) is 0 Å². The van der Waals surface area contributed by atoms with E-state index in [2.05, 4.69) is 6.58 Å². The normalized spacial score (nSPS) is 10.0. The molecule has 0 aromatic heterocycles.